The molecule has 0 radical (unpaired) electrons. The first-order valence-corrected chi connectivity index (χ1v) is 15.3. The minimum atomic E-state index is -4.88. The summed E-state index contributed by atoms with van der Waals surface area (Å²) in [5, 5.41) is 14.4. The normalized spacial score (nSPS) is 21.3. The molecule has 0 spiro atoms. The zero-order valence-electron chi connectivity index (χ0n) is 25.8. The number of phosphoric ester groups is 1. The lowest BCUT2D eigenvalue weighted by Crippen LogP contribution is -2.48. The number of aryl methyl sites for hydroxylation is 1. The zero-order valence-corrected chi connectivity index (χ0v) is 26.7. The average molecular weight is 680 g/mol. The second kappa shape index (κ2) is 16.1. The molecule has 1 saturated heterocycles. The number of aliphatic hydroxyl groups excluding tert-OH is 1. The number of aliphatic hydroxyl groups is 1. The number of rotatable bonds is 16. The number of imidazole rings is 1. The Balaban J connectivity index is 1.86. The van der Waals surface area contributed by atoms with Gasteiger partial charge in [-0.1, -0.05) is 5.11 Å². The molecule has 0 bridgehead atoms. The highest BCUT2D eigenvalue weighted by molar-refractivity contribution is 7.48. The smallest absolute Gasteiger partial charge is 0.476 e. The summed E-state index contributed by atoms with van der Waals surface area (Å²) < 4.78 is 76.1. The van der Waals surface area contributed by atoms with Crippen molar-refractivity contribution in [2.45, 2.75) is 77.9 Å². The molecule has 4 atom stereocenters. The van der Waals surface area contributed by atoms with Gasteiger partial charge in [0.25, 0.3) is 0 Å². The van der Waals surface area contributed by atoms with Crippen LogP contribution in [0.25, 0.3) is 21.6 Å². The van der Waals surface area contributed by atoms with Gasteiger partial charge in [0.2, 0.25) is 19.5 Å². The van der Waals surface area contributed by atoms with Crippen molar-refractivity contribution >= 4 is 31.3 Å². The van der Waals surface area contributed by atoms with Gasteiger partial charge in [0.05, 0.1) is 38.3 Å². The number of halogens is 1. The van der Waals surface area contributed by atoms with Crippen LogP contribution in [0.1, 0.15) is 46.7 Å². The third-order valence-corrected chi connectivity index (χ3v) is 7.12. The van der Waals surface area contributed by atoms with Gasteiger partial charge in [0.1, 0.15) is 17.5 Å². The molecule has 1 aliphatic rings. The van der Waals surface area contributed by atoms with E-state index in [9.17, 15) is 19.3 Å². The summed E-state index contributed by atoms with van der Waals surface area (Å²) in [7, 11) is -4.88. The molecule has 3 heterocycles. The third kappa shape index (κ3) is 9.35. The van der Waals surface area contributed by atoms with E-state index in [0.717, 1.165) is 0 Å². The lowest BCUT2D eigenvalue weighted by Gasteiger charge is -2.31. The van der Waals surface area contributed by atoms with Gasteiger partial charge < -0.3 is 33.5 Å². The Kier molecular flexibility index (Phi) is 12.8. The first kappa shape index (κ1) is 36.6. The number of carbonyl (C=O) groups excluding carboxylic acids is 2. The Morgan fingerprint density at radius 3 is 2.30 bits per heavy atom. The number of phosphoric acid groups is 1. The number of azide groups is 1. The Bertz CT molecular complexity index is 1420. The summed E-state index contributed by atoms with van der Waals surface area (Å²) >= 11 is 0. The molecular weight excluding hydrogens is 644 g/mol. The predicted octanol–water partition coefficient (Wildman–Crippen LogP) is 4.01. The highest BCUT2D eigenvalue weighted by Crippen LogP contribution is 2.52. The van der Waals surface area contributed by atoms with Crippen LogP contribution in [-0.4, -0.2) is 100 Å². The van der Waals surface area contributed by atoms with Crippen LogP contribution in [0.3, 0.4) is 0 Å². The first-order chi connectivity index (χ1) is 21.7. The van der Waals surface area contributed by atoms with E-state index in [0.29, 0.717) is 0 Å². The SMILES string of the molecule is CCOc1nc(C)nc2c1ncn2[C@@H]1O[C@](CN=[N+]=[N-])(COP(=O)(OCOC(=O)OC(C)C)OCOC(=O)OC(C)C)[C@@H](O)[C@H]1F. The van der Waals surface area contributed by atoms with Crippen molar-refractivity contribution in [2.24, 2.45) is 5.11 Å². The van der Waals surface area contributed by atoms with Crippen LogP contribution in [0.15, 0.2) is 11.4 Å². The number of aromatic nitrogens is 4. The van der Waals surface area contributed by atoms with Crippen molar-refractivity contribution in [1.82, 2.24) is 19.5 Å². The van der Waals surface area contributed by atoms with Crippen molar-refractivity contribution in [1.29, 1.82) is 0 Å². The Labute approximate surface area is 261 Å². The van der Waals surface area contributed by atoms with Crippen molar-refractivity contribution in [3.63, 3.8) is 0 Å². The van der Waals surface area contributed by atoms with Gasteiger partial charge in [0, 0.05) is 4.91 Å². The molecule has 0 amide bonds. The highest BCUT2D eigenvalue weighted by Gasteiger charge is 2.57. The van der Waals surface area contributed by atoms with Crippen LogP contribution < -0.4 is 4.74 Å². The Morgan fingerprint density at radius 2 is 1.76 bits per heavy atom. The van der Waals surface area contributed by atoms with Gasteiger partial charge >= 0.3 is 20.1 Å². The molecule has 1 fully saturated rings. The van der Waals surface area contributed by atoms with Crippen molar-refractivity contribution in [3.05, 3.63) is 22.6 Å². The number of carbonyl (C=O) groups is 2. The number of fused-ring (bicyclic) bond motifs is 1. The molecule has 0 aliphatic carbocycles. The van der Waals surface area contributed by atoms with E-state index in [4.69, 9.17) is 38.0 Å². The molecule has 1 N–H and O–H groups in total. The molecule has 256 valence electrons. The summed E-state index contributed by atoms with van der Waals surface area (Å²) in [5.41, 5.74) is 7.08. The molecule has 22 heteroatoms. The highest BCUT2D eigenvalue weighted by atomic mass is 31.2. The molecule has 46 heavy (non-hydrogen) atoms. The van der Waals surface area contributed by atoms with Gasteiger partial charge in [-0.3, -0.25) is 9.09 Å². The van der Waals surface area contributed by atoms with E-state index >= 15 is 4.39 Å². The summed E-state index contributed by atoms with van der Waals surface area (Å²) in [6.07, 6.45) is -8.17. The standard InChI is InChI=1S/C24H35FN7O13P/c1-7-37-20-17-19(29-15(6)30-20)32(10-27-17)21-16(25)18(33)24(45-21,8-28-31-26)9-40-46(36,41-11-38-22(34)43-13(2)3)42-12-39-23(35)44-14(4)5/h10,13-14,16,18,21,33H,7-9,11-12H2,1-6H3/t16-,18+,21-,24-/m1/s1. The number of ether oxygens (including phenoxy) is 6. The number of hydrogen-bond donors (Lipinski definition) is 1. The third-order valence-electron chi connectivity index (χ3n) is 5.83. The summed E-state index contributed by atoms with van der Waals surface area (Å²) in [4.78, 5) is 38.8. The number of hydrogen-bond acceptors (Lipinski definition) is 17. The van der Waals surface area contributed by atoms with E-state index in [1.807, 2.05) is 0 Å². The fourth-order valence-corrected chi connectivity index (χ4v) is 4.89. The minimum absolute atomic E-state index is 0.101. The lowest BCUT2D eigenvalue weighted by atomic mass is 9.97. The van der Waals surface area contributed by atoms with E-state index < -0.39 is 83.2 Å². The van der Waals surface area contributed by atoms with Gasteiger partial charge in [0.15, 0.2) is 23.6 Å². The zero-order chi connectivity index (χ0) is 34.1. The molecular formula is C24H35FN7O13P. The number of alkyl halides is 1. The van der Waals surface area contributed by atoms with Crippen molar-refractivity contribution in [3.8, 4) is 5.88 Å². The Morgan fingerprint density at radius 1 is 1.15 bits per heavy atom. The van der Waals surface area contributed by atoms with Crippen LogP contribution in [0, 0.1) is 6.92 Å². The molecule has 20 nitrogen and oxygen atoms in total. The molecule has 2 aromatic rings. The molecule has 2 aromatic heterocycles. The topological polar surface area (TPSA) is 247 Å². The molecule has 0 aromatic carbocycles. The summed E-state index contributed by atoms with van der Waals surface area (Å²) in [5.74, 6) is 0.403. The van der Waals surface area contributed by atoms with E-state index in [1.54, 1.807) is 41.5 Å². The second-order valence-corrected chi connectivity index (χ2v) is 11.7. The van der Waals surface area contributed by atoms with Gasteiger partial charge in [-0.2, -0.15) is 4.98 Å². The van der Waals surface area contributed by atoms with Crippen LogP contribution in [0.5, 0.6) is 5.88 Å². The van der Waals surface area contributed by atoms with Crippen LogP contribution in [0.2, 0.25) is 0 Å². The minimum Gasteiger partial charge on any atom is -0.476 e. The largest absolute Gasteiger partial charge is 0.510 e. The van der Waals surface area contributed by atoms with Gasteiger partial charge in [-0.25, -0.2) is 37.6 Å². The second-order valence-electron chi connectivity index (χ2n) is 10.0. The van der Waals surface area contributed by atoms with Gasteiger partial charge in [-0.15, -0.1) is 0 Å². The fourth-order valence-electron chi connectivity index (χ4n) is 3.93. The molecule has 0 saturated carbocycles. The molecule has 0 unspecified atom stereocenters. The maximum Gasteiger partial charge on any atom is 0.510 e. The Hall–Kier alpha value is -3.84. The number of nitrogens with zero attached hydrogens (tertiary/aromatic N) is 7. The first-order valence-electron chi connectivity index (χ1n) is 13.8. The van der Waals surface area contributed by atoms with E-state index in [-0.39, 0.29) is 29.5 Å². The van der Waals surface area contributed by atoms with Gasteiger partial charge in [-0.05, 0) is 47.1 Å². The van der Waals surface area contributed by atoms with Crippen LogP contribution in [0.4, 0.5) is 14.0 Å². The van der Waals surface area contributed by atoms with E-state index in [1.165, 1.54) is 10.9 Å². The monoisotopic (exact) mass is 679 g/mol. The quantitative estimate of drug-likeness (QED) is 0.0657. The van der Waals surface area contributed by atoms with E-state index in [2.05, 4.69) is 34.5 Å². The summed E-state index contributed by atoms with van der Waals surface area (Å²) in [6, 6.07) is 0. The molecule has 1 aliphatic heterocycles. The fraction of sp³-hybridized carbons (Fsp3) is 0.708. The maximum absolute atomic E-state index is 15.8. The lowest BCUT2D eigenvalue weighted by molar-refractivity contribution is -0.124. The predicted molar refractivity (Wildman–Crippen MR) is 150 cm³/mol. The van der Waals surface area contributed by atoms with Crippen LogP contribution in [-0.2, 0) is 41.8 Å². The average Bonchev–Trinajstić information content (AvgIpc) is 3.49. The molecule has 3 rings (SSSR count). The maximum atomic E-state index is 15.8. The van der Waals surface area contributed by atoms with Crippen molar-refractivity contribution in [2.75, 3.05) is 33.3 Å². The van der Waals surface area contributed by atoms with Crippen LogP contribution >= 0.6 is 7.82 Å². The van der Waals surface area contributed by atoms with Crippen molar-refractivity contribution < 1.29 is 65.6 Å². The summed E-state index contributed by atoms with van der Waals surface area (Å²) in [6.45, 7) is 5.96.